The number of aromatic nitrogens is 1. The molecule has 1 atom stereocenters. The summed E-state index contributed by atoms with van der Waals surface area (Å²) >= 11 is 0. The second-order valence-corrected chi connectivity index (χ2v) is 6.72. The van der Waals surface area contributed by atoms with Crippen molar-refractivity contribution < 1.29 is 13.9 Å². The minimum absolute atomic E-state index is 0.0433. The van der Waals surface area contributed by atoms with Gasteiger partial charge in [0.25, 0.3) is 5.91 Å². The van der Waals surface area contributed by atoms with E-state index >= 15 is 0 Å². The van der Waals surface area contributed by atoms with Gasteiger partial charge in [-0.2, -0.15) is 0 Å². The van der Waals surface area contributed by atoms with Gasteiger partial charge >= 0.3 is 0 Å². The summed E-state index contributed by atoms with van der Waals surface area (Å²) in [6, 6.07) is 8.62. The molecule has 1 aromatic heterocycles. The fourth-order valence-electron chi connectivity index (χ4n) is 3.32. The minimum Gasteiger partial charge on any atom is -0.445 e. The maximum atomic E-state index is 13.1. The number of amides is 1. The van der Waals surface area contributed by atoms with Gasteiger partial charge in [0.2, 0.25) is 0 Å². The van der Waals surface area contributed by atoms with Crippen molar-refractivity contribution in [1.82, 2.24) is 9.88 Å². The molecule has 0 bridgehead atoms. The Kier molecular flexibility index (Phi) is 4.10. The standard InChI is InChI=1S/C19H22N2O3/c1-13-4-2-5-14(10-13)11-21(15-7-8-15)19(22)17-18(24-12-20-17)16-6-3-9-23-16/h2,4-5,10,12,15-16H,3,6-9,11H2,1H3/t16-/m0/s1. The van der Waals surface area contributed by atoms with Gasteiger partial charge in [0.15, 0.2) is 17.8 Å². The molecule has 1 saturated carbocycles. The van der Waals surface area contributed by atoms with Crippen LogP contribution in [0.5, 0.6) is 0 Å². The van der Waals surface area contributed by atoms with E-state index in [9.17, 15) is 4.79 Å². The zero-order chi connectivity index (χ0) is 16.5. The molecular weight excluding hydrogens is 304 g/mol. The summed E-state index contributed by atoms with van der Waals surface area (Å²) in [7, 11) is 0. The number of ether oxygens (including phenoxy) is 1. The number of hydrogen-bond acceptors (Lipinski definition) is 4. The van der Waals surface area contributed by atoms with E-state index in [1.54, 1.807) is 0 Å². The zero-order valence-corrected chi connectivity index (χ0v) is 13.9. The average molecular weight is 326 g/mol. The third-order valence-corrected chi connectivity index (χ3v) is 4.70. The van der Waals surface area contributed by atoms with Crippen LogP contribution in [0.2, 0.25) is 0 Å². The Hall–Kier alpha value is -2.14. The van der Waals surface area contributed by atoms with E-state index in [1.807, 2.05) is 11.0 Å². The molecule has 5 nitrogen and oxygen atoms in total. The molecule has 0 unspecified atom stereocenters. The molecule has 2 fully saturated rings. The van der Waals surface area contributed by atoms with Crippen LogP contribution in [0.15, 0.2) is 35.1 Å². The van der Waals surface area contributed by atoms with Crippen LogP contribution in [0, 0.1) is 6.92 Å². The minimum atomic E-state index is -0.133. The number of aryl methyl sites for hydroxylation is 1. The third-order valence-electron chi connectivity index (χ3n) is 4.70. The summed E-state index contributed by atoms with van der Waals surface area (Å²) in [5, 5.41) is 0. The highest BCUT2D eigenvalue weighted by molar-refractivity contribution is 5.93. The van der Waals surface area contributed by atoms with Gasteiger partial charge in [0.1, 0.15) is 6.10 Å². The Morgan fingerprint density at radius 2 is 2.21 bits per heavy atom. The molecule has 2 aliphatic rings. The molecule has 4 rings (SSSR count). The van der Waals surface area contributed by atoms with Crippen LogP contribution in [0.1, 0.15) is 59.2 Å². The van der Waals surface area contributed by atoms with E-state index < -0.39 is 0 Å². The van der Waals surface area contributed by atoms with E-state index in [0.717, 1.165) is 31.2 Å². The maximum absolute atomic E-state index is 13.1. The van der Waals surface area contributed by atoms with Gasteiger partial charge in [-0.1, -0.05) is 29.8 Å². The highest BCUT2D eigenvalue weighted by atomic mass is 16.5. The number of benzene rings is 1. The fourth-order valence-corrected chi connectivity index (χ4v) is 3.32. The quantitative estimate of drug-likeness (QED) is 0.842. The van der Waals surface area contributed by atoms with Crippen molar-refractivity contribution >= 4 is 5.91 Å². The molecule has 1 aliphatic heterocycles. The molecule has 1 aliphatic carbocycles. The van der Waals surface area contributed by atoms with Crippen LogP contribution in [0.3, 0.4) is 0 Å². The summed E-state index contributed by atoms with van der Waals surface area (Å²) in [5.41, 5.74) is 2.77. The van der Waals surface area contributed by atoms with Gasteiger partial charge < -0.3 is 14.1 Å². The number of rotatable bonds is 5. The molecule has 0 N–H and O–H groups in total. The smallest absolute Gasteiger partial charge is 0.276 e. The lowest BCUT2D eigenvalue weighted by Crippen LogP contribution is -2.33. The van der Waals surface area contributed by atoms with Crippen LogP contribution in [-0.2, 0) is 11.3 Å². The highest BCUT2D eigenvalue weighted by Gasteiger charge is 2.37. The number of nitrogens with zero attached hydrogens (tertiary/aromatic N) is 2. The summed E-state index contributed by atoms with van der Waals surface area (Å²) < 4.78 is 11.2. The first-order valence-corrected chi connectivity index (χ1v) is 8.64. The molecule has 126 valence electrons. The number of carbonyl (C=O) groups excluding carboxylic acids is 1. The summed E-state index contributed by atoms with van der Waals surface area (Å²) in [6.07, 6.45) is 5.23. The Bertz CT molecular complexity index is 730. The van der Waals surface area contributed by atoms with Crippen molar-refractivity contribution in [3.05, 3.63) is 53.2 Å². The predicted octanol–water partition coefficient (Wildman–Crippen LogP) is 3.64. The van der Waals surface area contributed by atoms with Gasteiger partial charge in [-0.25, -0.2) is 4.98 Å². The maximum Gasteiger partial charge on any atom is 0.276 e. The van der Waals surface area contributed by atoms with E-state index in [1.165, 1.54) is 12.0 Å². The summed E-state index contributed by atoms with van der Waals surface area (Å²) in [6.45, 7) is 3.40. The second kappa shape index (κ2) is 6.40. The summed E-state index contributed by atoms with van der Waals surface area (Å²) in [5.74, 6) is 0.547. The van der Waals surface area contributed by atoms with E-state index in [0.29, 0.717) is 30.6 Å². The first kappa shape index (κ1) is 15.4. The van der Waals surface area contributed by atoms with Crippen molar-refractivity contribution in [2.24, 2.45) is 0 Å². The Morgan fingerprint density at radius 1 is 1.33 bits per heavy atom. The molecule has 2 aromatic rings. The van der Waals surface area contributed by atoms with Crippen molar-refractivity contribution in [3.8, 4) is 0 Å². The first-order chi connectivity index (χ1) is 11.7. The zero-order valence-electron chi connectivity index (χ0n) is 13.9. The predicted molar refractivity (Wildman–Crippen MR) is 88.5 cm³/mol. The Morgan fingerprint density at radius 3 is 2.92 bits per heavy atom. The van der Waals surface area contributed by atoms with Crippen LogP contribution >= 0.6 is 0 Å². The van der Waals surface area contributed by atoms with Crippen LogP contribution < -0.4 is 0 Å². The molecule has 2 heterocycles. The van der Waals surface area contributed by atoms with Crippen LogP contribution in [-0.4, -0.2) is 28.4 Å². The van der Waals surface area contributed by atoms with E-state index in [4.69, 9.17) is 9.15 Å². The Labute approximate surface area is 141 Å². The average Bonchev–Trinajstić information content (AvgIpc) is 3.08. The summed E-state index contributed by atoms with van der Waals surface area (Å²) in [4.78, 5) is 19.3. The monoisotopic (exact) mass is 326 g/mol. The Balaban J connectivity index is 1.58. The third kappa shape index (κ3) is 3.08. The lowest BCUT2D eigenvalue weighted by Gasteiger charge is -2.22. The first-order valence-electron chi connectivity index (χ1n) is 8.64. The van der Waals surface area contributed by atoms with Gasteiger partial charge in [0.05, 0.1) is 0 Å². The van der Waals surface area contributed by atoms with Crippen molar-refractivity contribution in [2.75, 3.05) is 6.61 Å². The van der Waals surface area contributed by atoms with E-state index in [2.05, 4.69) is 30.1 Å². The van der Waals surface area contributed by atoms with Crippen LogP contribution in [0.4, 0.5) is 0 Å². The largest absolute Gasteiger partial charge is 0.445 e. The molecule has 5 heteroatoms. The lowest BCUT2D eigenvalue weighted by molar-refractivity contribution is 0.0691. The normalized spacial score (nSPS) is 20.3. The molecule has 1 saturated heterocycles. The molecule has 0 spiro atoms. The van der Waals surface area contributed by atoms with Crippen molar-refractivity contribution in [2.45, 2.75) is 51.3 Å². The molecule has 0 radical (unpaired) electrons. The second-order valence-electron chi connectivity index (χ2n) is 6.72. The van der Waals surface area contributed by atoms with Crippen molar-refractivity contribution in [1.29, 1.82) is 0 Å². The van der Waals surface area contributed by atoms with Gasteiger partial charge in [-0.3, -0.25) is 4.79 Å². The number of carbonyl (C=O) groups is 1. The van der Waals surface area contributed by atoms with Crippen molar-refractivity contribution in [3.63, 3.8) is 0 Å². The lowest BCUT2D eigenvalue weighted by atomic mass is 10.1. The topological polar surface area (TPSA) is 55.6 Å². The number of hydrogen-bond donors (Lipinski definition) is 0. The molecule has 24 heavy (non-hydrogen) atoms. The number of oxazole rings is 1. The van der Waals surface area contributed by atoms with Gasteiger partial charge in [-0.05, 0) is 38.2 Å². The van der Waals surface area contributed by atoms with E-state index in [-0.39, 0.29) is 12.0 Å². The molecule has 1 amide bonds. The molecule has 1 aromatic carbocycles. The fraction of sp³-hybridized carbons (Fsp3) is 0.474. The highest BCUT2D eigenvalue weighted by Crippen LogP contribution is 2.34. The van der Waals surface area contributed by atoms with Gasteiger partial charge in [0, 0.05) is 19.2 Å². The van der Waals surface area contributed by atoms with Gasteiger partial charge in [-0.15, -0.1) is 0 Å². The molecular formula is C19H22N2O3. The SMILES string of the molecule is Cc1cccc(CN(C(=O)c2ncoc2[C@@H]2CCCO2)C2CC2)c1. The van der Waals surface area contributed by atoms with Crippen LogP contribution in [0.25, 0.3) is 0 Å².